The van der Waals surface area contributed by atoms with E-state index in [1.807, 2.05) is 31.2 Å². The first-order valence-corrected chi connectivity index (χ1v) is 8.52. The van der Waals surface area contributed by atoms with Crippen LogP contribution >= 0.6 is 15.9 Å². The largest absolute Gasteiger partial charge is 0.450 e. The van der Waals surface area contributed by atoms with Gasteiger partial charge in [0.15, 0.2) is 0 Å². The van der Waals surface area contributed by atoms with Crippen LogP contribution < -0.4 is 5.32 Å². The lowest BCUT2D eigenvalue weighted by molar-refractivity contribution is -0.121. The molecule has 126 valence electrons. The maximum Gasteiger partial charge on any atom is 0.409 e. The minimum Gasteiger partial charge on any atom is -0.450 e. The summed E-state index contributed by atoms with van der Waals surface area (Å²) in [5.74, 6) is -0.0484. The van der Waals surface area contributed by atoms with Gasteiger partial charge in [-0.3, -0.25) is 9.69 Å². The molecule has 1 aliphatic rings. The molecule has 6 nitrogen and oxygen atoms in total. The van der Waals surface area contributed by atoms with Gasteiger partial charge in [-0.2, -0.15) is 0 Å². The Morgan fingerprint density at radius 2 is 2.00 bits per heavy atom. The molecule has 2 rings (SSSR count). The van der Waals surface area contributed by atoms with Crippen molar-refractivity contribution in [2.24, 2.45) is 0 Å². The molecule has 0 bridgehead atoms. The number of hydrogen-bond acceptors (Lipinski definition) is 4. The van der Waals surface area contributed by atoms with Crippen LogP contribution in [0.5, 0.6) is 0 Å². The lowest BCUT2D eigenvalue weighted by Gasteiger charge is -2.36. The van der Waals surface area contributed by atoms with Gasteiger partial charge in [0.05, 0.1) is 12.6 Å². The fourth-order valence-corrected chi connectivity index (χ4v) is 2.88. The van der Waals surface area contributed by atoms with E-state index in [1.54, 1.807) is 11.8 Å². The fourth-order valence-electron chi connectivity index (χ4n) is 2.49. The average Bonchev–Trinajstić information content (AvgIpc) is 2.54. The number of nitrogens with zero attached hydrogens (tertiary/aromatic N) is 2. The highest BCUT2D eigenvalue weighted by Gasteiger charge is 2.27. The molecule has 1 heterocycles. The summed E-state index contributed by atoms with van der Waals surface area (Å²) in [5.41, 5.74) is 0.765. The minimum absolute atomic E-state index is 0.0484. The summed E-state index contributed by atoms with van der Waals surface area (Å²) in [6.07, 6.45) is -0.279. The highest BCUT2D eigenvalue weighted by Crippen LogP contribution is 2.16. The lowest BCUT2D eigenvalue weighted by Crippen LogP contribution is -2.54. The SMILES string of the molecule is CCOC(=O)N1CCN([C@@H](C)C(=O)Nc2cccc(Br)c2)CC1. The van der Waals surface area contributed by atoms with Crippen LogP contribution in [0.15, 0.2) is 28.7 Å². The molecule has 7 heteroatoms. The minimum atomic E-state index is -0.279. The highest BCUT2D eigenvalue weighted by atomic mass is 79.9. The van der Waals surface area contributed by atoms with Crippen LogP contribution in [-0.2, 0) is 9.53 Å². The Morgan fingerprint density at radius 1 is 1.30 bits per heavy atom. The van der Waals surface area contributed by atoms with E-state index in [0.29, 0.717) is 32.8 Å². The van der Waals surface area contributed by atoms with Crippen LogP contribution in [0.25, 0.3) is 0 Å². The summed E-state index contributed by atoms with van der Waals surface area (Å²) in [6, 6.07) is 7.26. The van der Waals surface area contributed by atoms with Crippen LogP contribution in [0.3, 0.4) is 0 Å². The molecular formula is C16H22BrN3O3. The zero-order valence-electron chi connectivity index (χ0n) is 13.4. The van der Waals surface area contributed by atoms with Crippen LogP contribution in [-0.4, -0.2) is 60.6 Å². The molecule has 1 saturated heterocycles. The van der Waals surface area contributed by atoms with E-state index in [0.717, 1.165) is 10.2 Å². The molecule has 0 saturated carbocycles. The molecule has 1 N–H and O–H groups in total. The Balaban J connectivity index is 1.85. The highest BCUT2D eigenvalue weighted by molar-refractivity contribution is 9.10. The van der Waals surface area contributed by atoms with Crippen LogP contribution in [0.2, 0.25) is 0 Å². The molecule has 0 radical (unpaired) electrons. The van der Waals surface area contributed by atoms with Gasteiger partial charge in [0, 0.05) is 36.3 Å². The molecule has 1 fully saturated rings. The van der Waals surface area contributed by atoms with Crippen molar-refractivity contribution in [3.05, 3.63) is 28.7 Å². The number of nitrogens with one attached hydrogen (secondary N) is 1. The van der Waals surface area contributed by atoms with Crippen molar-refractivity contribution in [3.63, 3.8) is 0 Å². The number of carbonyl (C=O) groups excluding carboxylic acids is 2. The van der Waals surface area contributed by atoms with Crippen molar-refractivity contribution in [3.8, 4) is 0 Å². The molecule has 0 unspecified atom stereocenters. The van der Waals surface area contributed by atoms with E-state index in [-0.39, 0.29) is 18.0 Å². The van der Waals surface area contributed by atoms with Crippen molar-refractivity contribution in [2.75, 3.05) is 38.1 Å². The molecule has 0 aliphatic carbocycles. The Hall–Kier alpha value is -1.60. The van der Waals surface area contributed by atoms with E-state index >= 15 is 0 Å². The van der Waals surface area contributed by atoms with Gasteiger partial charge in [-0.25, -0.2) is 4.79 Å². The van der Waals surface area contributed by atoms with Gasteiger partial charge < -0.3 is 15.0 Å². The smallest absolute Gasteiger partial charge is 0.409 e. The molecule has 0 spiro atoms. The van der Waals surface area contributed by atoms with Gasteiger partial charge in [0.25, 0.3) is 0 Å². The third-order valence-corrected chi connectivity index (χ3v) is 4.35. The number of amides is 2. The Labute approximate surface area is 144 Å². The van der Waals surface area contributed by atoms with E-state index in [1.165, 1.54) is 0 Å². The van der Waals surface area contributed by atoms with Gasteiger partial charge >= 0.3 is 6.09 Å². The van der Waals surface area contributed by atoms with Gasteiger partial charge in [0.1, 0.15) is 0 Å². The zero-order chi connectivity index (χ0) is 16.8. The summed E-state index contributed by atoms with van der Waals surface area (Å²) in [7, 11) is 0. The first kappa shape index (κ1) is 17.7. The summed E-state index contributed by atoms with van der Waals surface area (Å²) < 4.78 is 5.92. The second kappa shape index (κ2) is 8.31. The summed E-state index contributed by atoms with van der Waals surface area (Å²) >= 11 is 3.39. The number of benzene rings is 1. The summed E-state index contributed by atoms with van der Waals surface area (Å²) in [5, 5.41) is 2.92. The monoisotopic (exact) mass is 383 g/mol. The topological polar surface area (TPSA) is 61.9 Å². The van der Waals surface area contributed by atoms with Crippen molar-refractivity contribution < 1.29 is 14.3 Å². The molecule has 1 atom stereocenters. The van der Waals surface area contributed by atoms with Gasteiger partial charge in [-0.05, 0) is 32.0 Å². The first-order valence-electron chi connectivity index (χ1n) is 7.73. The van der Waals surface area contributed by atoms with Crippen molar-refractivity contribution >= 4 is 33.6 Å². The Morgan fingerprint density at radius 3 is 2.61 bits per heavy atom. The van der Waals surface area contributed by atoms with Crippen LogP contribution in [0, 0.1) is 0 Å². The third-order valence-electron chi connectivity index (χ3n) is 3.86. The number of anilines is 1. The number of ether oxygens (including phenoxy) is 1. The molecule has 1 aromatic rings. The van der Waals surface area contributed by atoms with E-state index in [4.69, 9.17) is 4.74 Å². The normalized spacial score (nSPS) is 16.7. The van der Waals surface area contributed by atoms with Crippen molar-refractivity contribution in [1.29, 1.82) is 0 Å². The first-order chi connectivity index (χ1) is 11.0. The third kappa shape index (κ3) is 4.94. The average molecular weight is 384 g/mol. The standard InChI is InChI=1S/C16H22BrN3O3/c1-3-23-16(22)20-9-7-19(8-10-20)12(2)15(21)18-14-6-4-5-13(17)11-14/h4-6,11-12H,3,7-10H2,1-2H3,(H,18,21)/t12-/m0/s1. The maximum absolute atomic E-state index is 12.4. The number of piperazine rings is 1. The predicted octanol–water partition coefficient (Wildman–Crippen LogP) is 2.55. The van der Waals surface area contributed by atoms with Crippen LogP contribution in [0.4, 0.5) is 10.5 Å². The van der Waals surface area contributed by atoms with Gasteiger partial charge in [0.2, 0.25) is 5.91 Å². The summed E-state index contributed by atoms with van der Waals surface area (Å²) in [6.45, 7) is 6.53. The fraction of sp³-hybridized carbons (Fsp3) is 0.500. The van der Waals surface area contributed by atoms with E-state index in [9.17, 15) is 9.59 Å². The van der Waals surface area contributed by atoms with Gasteiger partial charge in [-0.1, -0.05) is 22.0 Å². The predicted molar refractivity (Wildman–Crippen MR) is 92.4 cm³/mol. The lowest BCUT2D eigenvalue weighted by atomic mass is 10.2. The van der Waals surface area contributed by atoms with Gasteiger partial charge in [-0.15, -0.1) is 0 Å². The van der Waals surface area contributed by atoms with Crippen molar-refractivity contribution in [2.45, 2.75) is 19.9 Å². The molecule has 23 heavy (non-hydrogen) atoms. The molecule has 1 aromatic carbocycles. The number of carbonyl (C=O) groups is 2. The zero-order valence-corrected chi connectivity index (χ0v) is 15.0. The second-order valence-electron chi connectivity index (χ2n) is 5.40. The number of hydrogen-bond donors (Lipinski definition) is 1. The maximum atomic E-state index is 12.4. The Bertz CT molecular complexity index is 559. The van der Waals surface area contributed by atoms with E-state index in [2.05, 4.69) is 26.1 Å². The number of rotatable bonds is 4. The molecule has 0 aromatic heterocycles. The molecular weight excluding hydrogens is 362 g/mol. The Kier molecular flexibility index (Phi) is 6.41. The molecule has 1 aliphatic heterocycles. The molecule has 2 amide bonds. The second-order valence-corrected chi connectivity index (χ2v) is 6.31. The quantitative estimate of drug-likeness (QED) is 0.867. The van der Waals surface area contributed by atoms with Crippen molar-refractivity contribution in [1.82, 2.24) is 9.80 Å². The van der Waals surface area contributed by atoms with Crippen LogP contribution in [0.1, 0.15) is 13.8 Å². The summed E-state index contributed by atoms with van der Waals surface area (Å²) in [4.78, 5) is 27.8. The van der Waals surface area contributed by atoms with E-state index < -0.39 is 0 Å². The number of halogens is 1.